The van der Waals surface area contributed by atoms with Crippen molar-refractivity contribution in [1.82, 2.24) is 9.97 Å². The average molecular weight is 360 g/mol. The van der Waals surface area contributed by atoms with Crippen LogP contribution in [-0.4, -0.2) is 9.97 Å². The van der Waals surface area contributed by atoms with Crippen LogP contribution in [-0.2, 0) is 5.41 Å². The van der Waals surface area contributed by atoms with Crippen LogP contribution in [0.25, 0.3) is 0 Å². The molecule has 0 bridgehead atoms. The molecule has 2 nitrogen and oxygen atoms in total. The number of rotatable bonds is 1. The normalized spacial score (nSPS) is 18.6. The lowest BCUT2D eigenvalue weighted by atomic mass is 9.89. The molecule has 0 aromatic carbocycles. The van der Waals surface area contributed by atoms with Gasteiger partial charge in [0, 0.05) is 11.3 Å². The molecular weight excluding hydrogens is 336 g/mol. The molecule has 0 aliphatic heterocycles. The fourth-order valence-electron chi connectivity index (χ4n) is 2.83. The molecule has 1 heterocycles. The van der Waals surface area contributed by atoms with Gasteiger partial charge in [0.05, 0.1) is 10.2 Å². The van der Waals surface area contributed by atoms with Gasteiger partial charge in [0.1, 0.15) is 11.0 Å². The third-order valence-electron chi connectivity index (χ3n) is 4.01. The Hall–Kier alpha value is -0.150. The van der Waals surface area contributed by atoms with Crippen LogP contribution in [0, 0.1) is 0 Å². The van der Waals surface area contributed by atoms with E-state index in [0.717, 1.165) is 16.0 Å². The van der Waals surface area contributed by atoms with Gasteiger partial charge in [-0.05, 0) is 28.8 Å². The molecule has 112 valence electrons. The molecule has 0 N–H and O–H groups in total. The summed E-state index contributed by atoms with van der Waals surface area (Å²) in [5, 5.41) is 0.557. The Balaban J connectivity index is 2.33. The van der Waals surface area contributed by atoms with E-state index < -0.39 is 0 Å². The number of halogens is 2. The Labute approximate surface area is 135 Å². The van der Waals surface area contributed by atoms with Crippen LogP contribution in [0.1, 0.15) is 83.2 Å². The van der Waals surface area contributed by atoms with E-state index >= 15 is 0 Å². The lowest BCUT2D eigenvalue weighted by molar-refractivity contribution is 0.437. The molecule has 1 saturated carbocycles. The number of nitrogens with zero attached hydrogens (tertiary/aromatic N) is 2. The van der Waals surface area contributed by atoms with Crippen molar-refractivity contribution in [2.75, 3.05) is 0 Å². The van der Waals surface area contributed by atoms with Gasteiger partial charge in [-0.1, -0.05) is 64.5 Å². The van der Waals surface area contributed by atoms with Gasteiger partial charge in [0.2, 0.25) is 0 Å². The van der Waals surface area contributed by atoms with Crippen LogP contribution in [0.15, 0.2) is 4.47 Å². The minimum atomic E-state index is -0.0260. The van der Waals surface area contributed by atoms with E-state index in [9.17, 15) is 0 Å². The number of aromatic nitrogens is 2. The lowest BCUT2D eigenvalue weighted by Crippen LogP contribution is -2.18. The van der Waals surface area contributed by atoms with Crippen molar-refractivity contribution in [3.8, 4) is 0 Å². The van der Waals surface area contributed by atoms with Gasteiger partial charge >= 0.3 is 0 Å². The molecule has 4 heteroatoms. The zero-order valence-electron chi connectivity index (χ0n) is 12.7. The molecule has 1 aromatic rings. The largest absolute Gasteiger partial charge is 0.236 e. The van der Waals surface area contributed by atoms with Crippen molar-refractivity contribution in [3.63, 3.8) is 0 Å². The van der Waals surface area contributed by atoms with Crippen molar-refractivity contribution < 1.29 is 0 Å². The van der Waals surface area contributed by atoms with E-state index in [1.807, 2.05) is 0 Å². The molecule has 1 aliphatic rings. The van der Waals surface area contributed by atoms with E-state index in [1.54, 1.807) is 0 Å². The van der Waals surface area contributed by atoms with Crippen LogP contribution in [0.4, 0.5) is 0 Å². The lowest BCUT2D eigenvalue weighted by Gasteiger charge is -2.24. The first-order valence-electron chi connectivity index (χ1n) is 7.63. The Morgan fingerprint density at radius 2 is 1.55 bits per heavy atom. The highest BCUT2D eigenvalue weighted by atomic mass is 79.9. The summed E-state index contributed by atoms with van der Waals surface area (Å²) in [4.78, 5) is 9.41. The summed E-state index contributed by atoms with van der Waals surface area (Å²) in [5.41, 5.74) is 0.997. The minimum absolute atomic E-state index is 0.0260. The van der Waals surface area contributed by atoms with Crippen LogP contribution < -0.4 is 0 Å². The van der Waals surface area contributed by atoms with Crippen LogP contribution >= 0.6 is 27.5 Å². The van der Waals surface area contributed by atoms with Crippen LogP contribution in [0.5, 0.6) is 0 Å². The molecule has 1 aromatic heterocycles. The monoisotopic (exact) mass is 358 g/mol. The fourth-order valence-corrected chi connectivity index (χ4v) is 3.78. The average Bonchev–Trinajstić information content (AvgIpc) is 2.30. The van der Waals surface area contributed by atoms with Gasteiger partial charge in [-0.2, -0.15) is 0 Å². The Kier molecular flexibility index (Phi) is 5.47. The second-order valence-electron chi connectivity index (χ2n) is 6.83. The van der Waals surface area contributed by atoms with E-state index in [2.05, 4.69) is 41.7 Å². The molecule has 0 saturated heterocycles. The molecule has 20 heavy (non-hydrogen) atoms. The van der Waals surface area contributed by atoms with Crippen molar-refractivity contribution in [2.45, 2.75) is 77.0 Å². The van der Waals surface area contributed by atoms with Crippen molar-refractivity contribution in [1.29, 1.82) is 0 Å². The van der Waals surface area contributed by atoms with Gasteiger partial charge in [-0.3, -0.25) is 0 Å². The first-order valence-corrected chi connectivity index (χ1v) is 8.80. The summed E-state index contributed by atoms with van der Waals surface area (Å²) < 4.78 is 0.848. The summed E-state index contributed by atoms with van der Waals surface area (Å²) in [6, 6.07) is 0. The quantitative estimate of drug-likeness (QED) is 0.573. The van der Waals surface area contributed by atoms with Gasteiger partial charge in [0.25, 0.3) is 0 Å². The number of hydrogen-bond donors (Lipinski definition) is 0. The van der Waals surface area contributed by atoms with Gasteiger partial charge < -0.3 is 0 Å². The fraction of sp³-hybridized carbons (Fsp3) is 0.750. The highest BCUT2D eigenvalue weighted by Gasteiger charge is 2.25. The zero-order chi connectivity index (χ0) is 14.8. The highest BCUT2D eigenvalue weighted by Crippen LogP contribution is 2.36. The van der Waals surface area contributed by atoms with Crippen molar-refractivity contribution in [3.05, 3.63) is 21.1 Å². The first kappa shape index (κ1) is 16.2. The zero-order valence-corrected chi connectivity index (χ0v) is 15.0. The first-order chi connectivity index (χ1) is 9.39. The molecule has 0 unspecified atom stereocenters. The molecular formula is C16H24BrClN2. The topological polar surface area (TPSA) is 25.8 Å². The molecule has 0 atom stereocenters. The van der Waals surface area contributed by atoms with Crippen molar-refractivity contribution >= 4 is 27.5 Å². The predicted molar refractivity (Wildman–Crippen MR) is 88.5 cm³/mol. The van der Waals surface area contributed by atoms with E-state index in [4.69, 9.17) is 16.6 Å². The molecule has 0 spiro atoms. The summed E-state index contributed by atoms with van der Waals surface area (Å²) in [5.74, 6) is 1.42. The number of hydrogen-bond acceptors (Lipinski definition) is 2. The molecule has 1 fully saturated rings. The SMILES string of the molecule is CC(C)(C)c1nc(C2CCCCCCC2)nc(Cl)c1Br. The molecule has 1 aliphatic carbocycles. The van der Waals surface area contributed by atoms with E-state index in [-0.39, 0.29) is 5.41 Å². The van der Waals surface area contributed by atoms with Gasteiger partial charge in [0.15, 0.2) is 0 Å². The Bertz CT molecular complexity index is 460. The maximum atomic E-state index is 6.32. The summed E-state index contributed by atoms with van der Waals surface area (Å²) in [6.07, 6.45) is 9.02. The molecule has 0 radical (unpaired) electrons. The highest BCUT2D eigenvalue weighted by molar-refractivity contribution is 9.10. The third-order valence-corrected chi connectivity index (χ3v) is 5.26. The van der Waals surface area contributed by atoms with E-state index in [1.165, 1.54) is 44.9 Å². The second-order valence-corrected chi connectivity index (χ2v) is 7.98. The smallest absolute Gasteiger partial charge is 0.147 e. The van der Waals surface area contributed by atoms with Gasteiger partial charge in [-0.15, -0.1) is 0 Å². The minimum Gasteiger partial charge on any atom is -0.236 e. The Morgan fingerprint density at radius 1 is 1.00 bits per heavy atom. The predicted octanol–water partition coefficient (Wildman–Crippen LogP) is 6.02. The maximum Gasteiger partial charge on any atom is 0.147 e. The molecule has 0 amide bonds. The standard InChI is InChI=1S/C16H24BrClN2/c1-16(2,3)13-12(17)14(18)20-15(19-13)11-9-7-5-4-6-8-10-11/h11H,4-10H2,1-3H3. The maximum absolute atomic E-state index is 6.32. The van der Waals surface area contributed by atoms with E-state index in [0.29, 0.717) is 11.1 Å². The Morgan fingerprint density at radius 3 is 2.10 bits per heavy atom. The van der Waals surface area contributed by atoms with Gasteiger partial charge in [-0.25, -0.2) is 9.97 Å². The second kappa shape index (κ2) is 6.74. The summed E-state index contributed by atoms with van der Waals surface area (Å²) in [6.45, 7) is 6.50. The third kappa shape index (κ3) is 3.94. The summed E-state index contributed by atoms with van der Waals surface area (Å²) >= 11 is 9.86. The van der Waals surface area contributed by atoms with Crippen molar-refractivity contribution in [2.24, 2.45) is 0 Å². The molecule has 2 rings (SSSR count). The summed E-state index contributed by atoms with van der Waals surface area (Å²) in [7, 11) is 0. The van der Waals surface area contributed by atoms with Crippen LogP contribution in [0.3, 0.4) is 0 Å². The van der Waals surface area contributed by atoms with Crippen LogP contribution in [0.2, 0.25) is 5.15 Å².